The molecule has 1 amide bonds. The Morgan fingerprint density at radius 2 is 2.12 bits per heavy atom. The van der Waals surface area contributed by atoms with Crippen LogP contribution in [-0.4, -0.2) is 30.1 Å². The first kappa shape index (κ1) is 17.7. The van der Waals surface area contributed by atoms with E-state index in [0.717, 1.165) is 0 Å². The largest absolute Gasteiger partial charge is 0.495 e. The molecule has 0 saturated carbocycles. The number of rotatable bonds is 6. The topological polar surface area (TPSA) is 77.5 Å². The maximum absolute atomic E-state index is 12.4. The second kappa shape index (κ2) is 8.31. The number of nitrogens with one attached hydrogen (secondary N) is 1. The number of carbonyl (C=O) groups is 2. The van der Waals surface area contributed by atoms with Gasteiger partial charge < -0.3 is 14.8 Å². The lowest BCUT2D eigenvalue weighted by Gasteiger charge is -2.17. The van der Waals surface area contributed by atoms with E-state index in [4.69, 9.17) is 21.1 Å². The Hall–Kier alpha value is -2.60. The number of ether oxygens (including phenoxy) is 2. The van der Waals surface area contributed by atoms with Crippen LogP contribution in [0.1, 0.15) is 23.7 Å². The van der Waals surface area contributed by atoms with Crippen LogP contribution in [0.3, 0.4) is 0 Å². The van der Waals surface area contributed by atoms with Gasteiger partial charge in [0.05, 0.1) is 18.4 Å². The van der Waals surface area contributed by atoms with E-state index in [1.807, 2.05) is 0 Å². The molecule has 0 aliphatic heterocycles. The Kier molecular flexibility index (Phi) is 6.14. The summed E-state index contributed by atoms with van der Waals surface area (Å²) in [6, 6.07) is 8.04. The summed E-state index contributed by atoms with van der Waals surface area (Å²) in [6.45, 7) is 1.75. The van der Waals surface area contributed by atoms with Gasteiger partial charge >= 0.3 is 5.97 Å². The molecule has 6 nitrogen and oxygen atoms in total. The Bertz CT molecular complexity index is 722. The summed E-state index contributed by atoms with van der Waals surface area (Å²) in [5.41, 5.74) is 0.690. The molecule has 1 unspecified atom stereocenters. The molecule has 0 fully saturated rings. The van der Waals surface area contributed by atoms with Gasteiger partial charge in [-0.3, -0.25) is 9.78 Å². The molecule has 2 aromatic rings. The molecule has 0 aliphatic rings. The van der Waals surface area contributed by atoms with Crippen molar-refractivity contribution >= 4 is 29.2 Å². The van der Waals surface area contributed by atoms with Gasteiger partial charge in [-0.15, -0.1) is 0 Å². The smallest absolute Gasteiger partial charge is 0.340 e. The monoisotopic (exact) mass is 348 g/mol. The van der Waals surface area contributed by atoms with Crippen LogP contribution in [0.4, 0.5) is 5.69 Å². The summed E-state index contributed by atoms with van der Waals surface area (Å²) in [5, 5.41) is 3.12. The average Bonchev–Trinajstić information content (AvgIpc) is 2.60. The Morgan fingerprint density at radius 1 is 1.33 bits per heavy atom. The van der Waals surface area contributed by atoms with E-state index in [2.05, 4.69) is 10.3 Å². The SMILES string of the molecule is CCC(OC(=O)c1cccnc1)C(=O)Nc1cc(Cl)ccc1OC. The summed E-state index contributed by atoms with van der Waals surface area (Å²) in [6.07, 6.45) is 2.31. The number of pyridine rings is 1. The normalized spacial score (nSPS) is 11.5. The molecular weight excluding hydrogens is 332 g/mol. The summed E-state index contributed by atoms with van der Waals surface area (Å²) < 4.78 is 10.4. The molecule has 24 heavy (non-hydrogen) atoms. The molecule has 1 atom stereocenters. The first-order valence-corrected chi connectivity index (χ1v) is 7.68. The third kappa shape index (κ3) is 4.45. The van der Waals surface area contributed by atoms with Gasteiger partial charge in [-0.2, -0.15) is 0 Å². The number of carbonyl (C=O) groups excluding carboxylic acids is 2. The lowest BCUT2D eigenvalue weighted by molar-refractivity contribution is -0.124. The van der Waals surface area contributed by atoms with Crippen LogP contribution in [0.5, 0.6) is 5.75 Å². The van der Waals surface area contributed by atoms with Crippen LogP contribution in [-0.2, 0) is 9.53 Å². The van der Waals surface area contributed by atoms with E-state index in [9.17, 15) is 9.59 Å². The van der Waals surface area contributed by atoms with Crippen molar-refractivity contribution in [3.63, 3.8) is 0 Å². The first-order chi connectivity index (χ1) is 11.5. The van der Waals surface area contributed by atoms with Crippen molar-refractivity contribution in [3.8, 4) is 5.75 Å². The maximum Gasteiger partial charge on any atom is 0.340 e. The van der Waals surface area contributed by atoms with Crippen LogP contribution >= 0.6 is 11.6 Å². The molecule has 0 aliphatic carbocycles. The van der Waals surface area contributed by atoms with Crippen molar-refractivity contribution in [2.45, 2.75) is 19.4 Å². The molecule has 7 heteroatoms. The molecule has 0 bridgehead atoms. The summed E-state index contributed by atoms with van der Waals surface area (Å²) in [5.74, 6) is -0.611. The van der Waals surface area contributed by atoms with Crippen LogP contribution < -0.4 is 10.1 Å². The summed E-state index contributed by atoms with van der Waals surface area (Å²) in [4.78, 5) is 28.3. The van der Waals surface area contributed by atoms with Gasteiger partial charge in [0, 0.05) is 17.4 Å². The van der Waals surface area contributed by atoms with Crippen molar-refractivity contribution in [2.75, 3.05) is 12.4 Å². The van der Waals surface area contributed by atoms with Gasteiger partial charge in [0.1, 0.15) is 5.75 Å². The van der Waals surface area contributed by atoms with Crippen molar-refractivity contribution < 1.29 is 19.1 Å². The molecule has 1 aromatic carbocycles. The predicted octanol–water partition coefficient (Wildman–Crippen LogP) is 3.32. The van der Waals surface area contributed by atoms with Crippen LogP contribution in [0.15, 0.2) is 42.7 Å². The molecule has 1 N–H and O–H groups in total. The van der Waals surface area contributed by atoms with E-state index >= 15 is 0 Å². The second-order valence-electron chi connectivity index (χ2n) is 4.88. The summed E-state index contributed by atoms with van der Waals surface area (Å²) in [7, 11) is 1.48. The Morgan fingerprint density at radius 3 is 2.75 bits per heavy atom. The average molecular weight is 349 g/mol. The van der Waals surface area contributed by atoms with Crippen molar-refractivity contribution in [3.05, 3.63) is 53.3 Å². The van der Waals surface area contributed by atoms with Gasteiger partial charge in [-0.25, -0.2) is 4.79 Å². The predicted molar refractivity (Wildman–Crippen MR) is 90.4 cm³/mol. The third-order valence-corrected chi connectivity index (χ3v) is 3.46. The van der Waals surface area contributed by atoms with Gasteiger partial charge in [-0.1, -0.05) is 18.5 Å². The fourth-order valence-electron chi connectivity index (χ4n) is 1.99. The van der Waals surface area contributed by atoms with Crippen molar-refractivity contribution in [1.82, 2.24) is 4.98 Å². The minimum Gasteiger partial charge on any atom is -0.495 e. The van der Waals surface area contributed by atoms with E-state index < -0.39 is 18.0 Å². The second-order valence-corrected chi connectivity index (χ2v) is 5.31. The van der Waals surface area contributed by atoms with E-state index in [1.165, 1.54) is 13.3 Å². The van der Waals surface area contributed by atoms with E-state index in [0.29, 0.717) is 22.9 Å². The lowest BCUT2D eigenvalue weighted by atomic mass is 10.2. The number of aromatic nitrogens is 1. The number of nitrogens with zero attached hydrogens (tertiary/aromatic N) is 1. The van der Waals surface area contributed by atoms with Gasteiger partial charge in [0.15, 0.2) is 6.10 Å². The van der Waals surface area contributed by atoms with Crippen molar-refractivity contribution in [2.24, 2.45) is 0 Å². The highest BCUT2D eigenvalue weighted by atomic mass is 35.5. The zero-order valence-corrected chi connectivity index (χ0v) is 14.0. The number of hydrogen-bond acceptors (Lipinski definition) is 5. The fraction of sp³-hybridized carbons (Fsp3) is 0.235. The highest BCUT2D eigenvalue weighted by Gasteiger charge is 2.23. The highest BCUT2D eigenvalue weighted by Crippen LogP contribution is 2.28. The minimum absolute atomic E-state index is 0.282. The number of anilines is 1. The number of hydrogen-bond donors (Lipinski definition) is 1. The van der Waals surface area contributed by atoms with Crippen molar-refractivity contribution in [1.29, 1.82) is 0 Å². The zero-order chi connectivity index (χ0) is 17.5. The zero-order valence-electron chi connectivity index (χ0n) is 13.3. The molecule has 126 valence electrons. The van der Waals surface area contributed by atoms with Gasteiger partial charge in [-0.05, 0) is 36.8 Å². The third-order valence-electron chi connectivity index (χ3n) is 3.23. The standard InChI is InChI=1S/C17H17ClN2O4/c1-3-14(24-17(22)11-5-4-8-19-10-11)16(21)20-13-9-12(18)6-7-15(13)23-2/h4-10,14H,3H2,1-2H3,(H,20,21). The Labute approximate surface area is 144 Å². The Balaban J connectivity index is 2.09. The number of halogens is 1. The minimum atomic E-state index is -0.943. The van der Waals surface area contributed by atoms with Crippen LogP contribution in [0.25, 0.3) is 0 Å². The van der Waals surface area contributed by atoms with E-state index in [1.54, 1.807) is 43.5 Å². The quantitative estimate of drug-likeness (QED) is 0.810. The van der Waals surface area contributed by atoms with Crippen LogP contribution in [0.2, 0.25) is 5.02 Å². The molecule has 0 saturated heterocycles. The molecular formula is C17H17ClN2O4. The van der Waals surface area contributed by atoms with Crippen LogP contribution in [0, 0.1) is 0 Å². The summed E-state index contributed by atoms with van der Waals surface area (Å²) >= 11 is 5.94. The molecule has 0 spiro atoms. The lowest BCUT2D eigenvalue weighted by Crippen LogP contribution is -2.32. The molecule has 1 heterocycles. The highest BCUT2D eigenvalue weighted by molar-refractivity contribution is 6.31. The molecule has 1 aromatic heterocycles. The molecule has 0 radical (unpaired) electrons. The molecule has 2 rings (SSSR count). The first-order valence-electron chi connectivity index (χ1n) is 7.30. The van der Waals surface area contributed by atoms with Gasteiger partial charge in [0.2, 0.25) is 0 Å². The van der Waals surface area contributed by atoms with E-state index in [-0.39, 0.29) is 5.56 Å². The maximum atomic E-state index is 12.4. The number of amides is 1. The van der Waals surface area contributed by atoms with Gasteiger partial charge in [0.25, 0.3) is 5.91 Å². The number of methoxy groups -OCH3 is 1. The fourth-order valence-corrected chi connectivity index (χ4v) is 2.17. The number of benzene rings is 1. The number of esters is 1.